The molecule has 1 heteroatoms. The summed E-state index contributed by atoms with van der Waals surface area (Å²) in [6.45, 7) is 12.0. The number of aliphatic hydroxyl groups is 1. The quantitative estimate of drug-likeness (QED) is 0.353. The van der Waals surface area contributed by atoms with Crippen LogP contribution in [0.4, 0.5) is 0 Å². The van der Waals surface area contributed by atoms with E-state index in [1.165, 1.54) is 64.2 Å². The summed E-state index contributed by atoms with van der Waals surface area (Å²) in [5, 5.41) is 9.94. The SMILES string of the molecule is CCC(O)=C(C)C=CCC(C)[C@H]1CC[C@H]2[C@@H]3CCC4CCCC[C@]4(C)[C@H]3CC[C@]12C. The van der Waals surface area contributed by atoms with Gasteiger partial charge in [-0.1, -0.05) is 52.7 Å². The second kappa shape index (κ2) is 8.67. The van der Waals surface area contributed by atoms with Gasteiger partial charge in [0.15, 0.2) is 0 Å². The van der Waals surface area contributed by atoms with E-state index in [-0.39, 0.29) is 0 Å². The zero-order chi connectivity index (χ0) is 21.5. The number of aliphatic hydroxyl groups excluding tert-OH is 1. The van der Waals surface area contributed by atoms with Gasteiger partial charge < -0.3 is 5.11 Å². The van der Waals surface area contributed by atoms with E-state index in [2.05, 4.69) is 32.9 Å². The summed E-state index contributed by atoms with van der Waals surface area (Å²) in [5.41, 5.74) is 2.28. The lowest BCUT2D eigenvalue weighted by atomic mass is 9.44. The lowest BCUT2D eigenvalue weighted by molar-refractivity contribution is -0.114. The van der Waals surface area contributed by atoms with Gasteiger partial charge in [-0.25, -0.2) is 0 Å². The fourth-order valence-electron chi connectivity index (χ4n) is 9.27. The number of hydrogen-bond acceptors (Lipinski definition) is 1. The molecule has 0 radical (unpaired) electrons. The normalized spacial score (nSPS) is 45.4. The zero-order valence-electron chi connectivity index (χ0n) is 20.6. The Morgan fingerprint density at radius 3 is 2.50 bits per heavy atom. The van der Waals surface area contributed by atoms with Gasteiger partial charge in [0.05, 0.1) is 5.76 Å². The van der Waals surface area contributed by atoms with Crippen LogP contribution in [-0.2, 0) is 0 Å². The molecule has 4 aliphatic carbocycles. The minimum Gasteiger partial charge on any atom is -0.512 e. The molecule has 4 fully saturated rings. The van der Waals surface area contributed by atoms with E-state index in [1.54, 1.807) is 0 Å². The second-order valence-corrected chi connectivity index (χ2v) is 12.2. The zero-order valence-corrected chi connectivity index (χ0v) is 20.6. The van der Waals surface area contributed by atoms with E-state index in [0.29, 0.717) is 16.6 Å². The predicted octanol–water partition coefficient (Wildman–Crippen LogP) is 8.86. The van der Waals surface area contributed by atoms with Gasteiger partial charge in [-0.2, -0.15) is 0 Å². The van der Waals surface area contributed by atoms with Gasteiger partial charge in [-0.15, -0.1) is 0 Å². The van der Waals surface area contributed by atoms with Crippen LogP contribution in [0.25, 0.3) is 0 Å². The largest absolute Gasteiger partial charge is 0.512 e. The molecule has 0 spiro atoms. The van der Waals surface area contributed by atoms with E-state index >= 15 is 0 Å². The van der Waals surface area contributed by atoms with Crippen LogP contribution in [0.1, 0.15) is 112 Å². The van der Waals surface area contributed by atoms with Gasteiger partial charge in [0.25, 0.3) is 0 Å². The molecule has 4 rings (SSSR count). The Morgan fingerprint density at radius 1 is 0.967 bits per heavy atom. The molecule has 1 nitrogen and oxygen atoms in total. The van der Waals surface area contributed by atoms with Crippen molar-refractivity contribution >= 4 is 0 Å². The van der Waals surface area contributed by atoms with Gasteiger partial charge >= 0.3 is 0 Å². The van der Waals surface area contributed by atoms with Crippen molar-refractivity contribution < 1.29 is 5.11 Å². The molecule has 30 heavy (non-hydrogen) atoms. The highest BCUT2D eigenvalue weighted by Crippen LogP contribution is 2.68. The van der Waals surface area contributed by atoms with Crippen molar-refractivity contribution in [2.45, 2.75) is 112 Å². The first kappa shape index (κ1) is 22.5. The summed E-state index contributed by atoms with van der Waals surface area (Å²) in [5.74, 6) is 6.24. The number of allylic oxidation sites excluding steroid dienone is 4. The second-order valence-electron chi connectivity index (χ2n) is 12.2. The third-order valence-electron chi connectivity index (χ3n) is 11.0. The molecular weight excluding hydrogens is 364 g/mol. The summed E-state index contributed by atoms with van der Waals surface area (Å²) < 4.78 is 0. The minimum absolute atomic E-state index is 0.539. The van der Waals surface area contributed by atoms with Crippen molar-refractivity contribution in [3.8, 4) is 0 Å². The Kier molecular flexibility index (Phi) is 6.49. The van der Waals surface area contributed by atoms with Crippen molar-refractivity contribution in [2.75, 3.05) is 0 Å². The molecule has 0 aromatic heterocycles. The van der Waals surface area contributed by atoms with E-state index in [0.717, 1.165) is 53.9 Å². The minimum atomic E-state index is 0.539. The lowest BCUT2D eigenvalue weighted by Crippen LogP contribution is -2.53. The van der Waals surface area contributed by atoms with Crippen LogP contribution >= 0.6 is 0 Å². The fourth-order valence-corrected chi connectivity index (χ4v) is 9.27. The van der Waals surface area contributed by atoms with Crippen LogP contribution in [0.3, 0.4) is 0 Å². The van der Waals surface area contributed by atoms with Crippen LogP contribution in [0.2, 0.25) is 0 Å². The fraction of sp³-hybridized carbons (Fsp3) is 0.862. The summed E-state index contributed by atoms with van der Waals surface area (Å²) in [6, 6.07) is 0. The van der Waals surface area contributed by atoms with Crippen LogP contribution in [0, 0.1) is 46.3 Å². The number of hydrogen-bond donors (Lipinski definition) is 1. The predicted molar refractivity (Wildman–Crippen MR) is 128 cm³/mol. The molecule has 0 amide bonds. The maximum Gasteiger partial charge on any atom is 0.0948 e. The highest BCUT2D eigenvalue weighted by atomic mass is 16.3. The average Bonchev–Trinajstić information content (AvgIpc) is 3.09. The molecule has 8 atom stereocenters. The van der Waals surface area contributed by atoms with Crippen molar-refractivity contribution in [3.63, 3.8) is 0 Å². The van der Waals surface area contributed by atoms with E-state index < -0.39 is 0 Å². The average molecular weight is 413 g/mol. The molecule has 0 aromatic carbocycles. The van der Waals surface area contributed by atoms with Gasteiger partial charge in [0.2, 0.25) is 0 Å². The molecule has 0 bridgehead atoms. The number of rotatable bonds is 5. The molecule has 4 saturated carbocycles. The van der Waals surface area contributed by atoms with Crippen LogP contribution < -0.4 is 0 Å². The standard InChI is InChI=1S/C29H48O/c1-6-27(30)21(3)11-9-10-20(2)24-15-16-25-23-14-13-22-12-7-8-18-28(22,4)26(23)17-19-29(24,25)5/h9,11,20,22-26,30H,6-8,10,12-19H2,1-5H3/t20?,22?,23-,24+,25-,26-,28-,29+/m0/s1. The maximum absolute atomic E-state index is 9.94. The Bertz CT molecular complexity index is 674. The maximum atomic E-state index is 9.94. The van der Waals surface area contributed by atoms with Gasteiger partial charge in [-0.05, 0) is 117 Å². The van der Waals surface area contributed by atoms with Crippen LogP contribution in [0.5, 0.6) is 0 Å². The molecule has 0 aliphatic heterocycles. The molecule has 170 valence electrons. The van der Waals surface area contributed by atoms with Crippen molar-refractivity contribution in [3.05, 3.63) is 23.5 Å². The van der Waals surface area contributed by atoms with Gasteiger partial charge in [-0.3, -0.25) is 0 Å². The van der Waals surface area contributed by atoms with Crippen LogP contribution in [0.15, 0.2) is 23.5 Å². The van der Waals surface area contributed by atoms with Gasteiger partial charge in [0.1, 0.15) is 0 Å². The van der Waals surface area contributed by atoms with Crippen molar-refractivity contribution in [2.24, 2.45) is 46.3 Å². The molecule has 4 aliphatic rings. The topological polar surface area (TPSA) is 20.2 Å². The summed E-state index contributed by atoms with van der Waals surface area (Å²) in [6.07, 6.45) is 21.4. The highest BCUT2D eigenvalue weighted by molar-refractivity contribution is 5.19. The Balaban J connectivity index is 1.45. The van der Waals surface area contributed by atoms with Crippen molar-refractivity contribution in [1.82, 2.24) is 0 Å². The molecule has 0 heterocycles. The molecule has 2 unspecified atom stereocenters. The van der Waals surface area contributed by atoms with Gasteiger partial charge in [0, 0.05) is 6.42 Å². The molecular formula is C29H48O. The summed E-state index contributed by atoms with van der Waals surface area (Å²) >= 11 is 0. The highest BCUT2D eigenvalue weighted by Gasteiger charge is 2.59. The Morgan fingerprint density at radius 2 is 1.73 bits per heavy atom. The first-order valence-corrected chi connectivity index (χ1v) is 13.4. The van der Waals surface area contributed by atoms with Crippen LogP contribution in [-0.4, -0.2) is 5.11 Å². The third kappa shape index (κ3) is 3.71. The Labute approximate surface area is 186 Å². The van der Waals surface area contributed by atoms with E-state index in [9.17, 15) is 5.11 Å². The first-order chi connectivity index (χ1) is 14.3. The molecule has 0 saturated heterocycles. The lowest BCUT2D eigenvalue weighted by Gasteiger charge is -2.61. The summed E-state index contributed by atoms with van der Waals surface area (Å²) in [7, 11) is 0. The summed E-state index contributed by atoms with van der Waals surface area (Å²) in [4.78, 5) is 0. The molecule has 0 aromatic rings. The molecule has 1 N–H and O–H groups in total. The van der Waals surface area contributed by atoms with E-state index in [1.807, 2.05) is 13.8 Å². The first-order valence-electron chi connectivity index (χ1n) is 13.4. The van der Waals surface area contributed by atoms with Crippen molar-refractivity contribution in [1.29, 1.82) is 0 Å². The number of fused-ring (bicyclic) bond motifs is 5. The third-order valence-corrected chi connectivity index (χ3v) is 11.0. The smallest absolute Gasteiger partial charge is 0.0948 e. The van der Waals surface area contributed by atoms with E-state index in [4.69, 9.17) is 0 Å². The monoisotopic (exact) mass is 412 g/mol. The Hall–Kier alpha value is -0.720.